The Hall–Kier alpha value is -2.34. The van der Waals surface area contributed by atoms with Crippen LogP contribution in [0, 0.1) is 0 Å². The van der Waals surface area contributed by atoms with Crippen molar-refractivity contribution in [3.05, 3.63) is 35.6 Å². The molecule has 0 bridgehead atoms. The van der Waals surface area contributed by atoms with E-state index in [4.69, 9.17) is 14.4 Å². The van der Waals surface area contributed by atoms with Crippen LogP contribution in [0.4, 0.5) is 0 Å². The molecule has 1 N–H and O–H groups in total. The number of likely N-dealkylation sites (tertiary alicyclic amines) is 1. The zero-order chi connectivity index (χ0) is 16.2. The average molecular weight is 316 g/mol. The normalized spacial score (nSPS) is 15.5. The first-order chi connectivity index (χ1) is 11.2. The van der Waals surface area contributed by atoms with Crippen molar-refractivity contribution in [2.45, 2.75) is 25.8 Å². The van der Waals surface area contributed by atoms with Gasteiger partial charge < -0.3 is 14.4 Å². The molecule has 3 rings (SSSR count). The van der Waals surface area contributed by atoms with Crippen molar-refractivity contribution < 1.29 is 19.2 Å². The number of carboxylic acid groups (broad SMARTS) is 1. The average Bonchev–Trinajstić information content (AvgIpc) is 3.06. The fourth-order valence-corrected chi connectivity index (χ4v) is 2.93. The van der Waals surface area contributed by atoms with Crippen LogP contribution in [0.2, 0.25) is 0 Å². The van der Waals surface area contributed by atoms with E-state index < -0.39 is 5.97 Å². The van der Waals surface area contributed by atoms with Gasteiger partial charge in [-0.3, -0.25) is 4.90 Å². The van der Waals surface area contributed by atoms with Crippen LogP contribution in [0.3, 0.4) is 0 Å². The third-order valence-corrected chi connectivity index (χ3v) is 4.14. The zero-order valence-corrected chi connectivity index (χ0v) is 13.1. The molecule has 23 heavy (non-hydrogen) atoms. The molecule has 1 aromatic heterocycles. The van der Waals surface area contributed by atoms with Crippen molar-refractivity contribution in [3.63, 3.8) is 0 Å². The molecule has 1 fully saturated rings. The van der Waals surface area contributed by atoms with E-state index in [-0.39, 0.29) is 5.76 Å². The molecule has 0 amide bonds. The van der Waals surface area contributed by atoms with Crippen LogP contribution in [0.1, 0.15) is 35.4 Å². The summed E-state index contributed by atoms with van der Waals surface area (Å²) in [5.41, 5.74) is 2.42. The maximum atomic E-state index is 10.9. The Bertz CT molecular complexity index is 690. The maximum Gasteiger partial charge on any atom is 0.374 e. The Morgan fingerprint density at radius 2 is 2.09 bits per heavy atom. The van der Waals surface area contributed by atoms with Crippen molar-refractivity contribution in [3.8, 4) is 17.0 Å². The molecule has 0 unspecified atom stereocenters. The number of aromatic carboxylic acids is 1. The van der Waals surface area contributed by atoms with Gasteiger partial charge in [0.15, 0.2) is 0 Å². The number of carboxylic acids is 1. The summed E-state index contributed by atoms with van der Waals surface area (Å²) in [6, 6.07) is 7.19. The van der Waals surface area contributed by atoms with Gasteiger partial charge >= 0.3 is 5.97 Å². The second-order valence-corrected chi connectivity index (χ2v) is 5.74. The molecule has 0 atom stereocenters. The lowest BCUT2D eigenvalue weighted by atomic mass is 10.0. The number of hydrogen-bond acceptors (Lipinski definition) is 5. The first kappa shape index (κ1) is 15.6. The van der Waals surface area contributed by atoms with Gasteiger partial charge in [-0.25, -0.2) is 4.79 Å². The molecule has 0 aliphatic carbocycles. The molecule has 6 heteroatoms. The molecule has 0 spiro atoms. The van der Waals surface area contributed by atoms with E-state index in [2.05, 4.69) is 10.1 Å². The van der Waals surface area contributed by atoms with E-state index in [9.17, 15) is 4.79 Å². The van der Waals surface area contributed by atoms with Crippen LogP contribution in [0.5, 0.6) is 5.75 Å². The standard InChI is InChI=1S/C17H20N2O4/c1-22-15-6-5-12(14-10-16(17(20)21)23-18-14)9-13(15)11-19-7-3-2-4-8-19/h5-6,9-10H,2-4,7-8,11H2,1H3,(H,20,21). The summed E-state index contributed by atoms with van der Waals surface area (Å²) < 4.78 is 10.3. The predicted octanol–water partition coefficient (Wildman–Crippen LogP) is 3.03. The number of piperidine rings is 1. The highest BCUT2D eigenvalue weighted by atomic mass is 16.5. The number of aromatic nitrogens is 1. The summed E-state index contributed by atoms with van der Waals surface area (Å²) in [4.78, 5) is 13.3. The topological polar surface area (TPSA) is 75.8 Å². The summed E-state index contributed by atoms with van der Waals surface area (Å²) in [6.07, 6.45) is 3.76. The van der Waals surface area contributed by atoms with Crippen LogP contribution >= 0.6 is 0 Å². The Morgan fingerprint density at radius 1 is 1.30 bits per heavy atom. The summed E-state index contributed by atoms with van der Waals surface area (Å²) in [6.45, 7) is 3.02. The molecule has 0 saturated carbocycles. The molecule has 1 aliphatic rings. The molecule has 1 aromatic carbocycles. The molecule has 2 aromatic rings. The van der Waals surface area contributed by atoms with Gasteiger partial charge in [0.05, 0.1) is 7.11 Å². The minimum Gasteiger partial charge on any atom is -0.496 e. The Morgan fingerprint density at radius 3 is 2.74 bits per heavy atom. The highest BCUT2D eigenvalue weighted by molar-refractivity contribution is 5.85. The van der Waals surface area contributed by atoms with E-state index >= 15 is 0 Å². The van der Waals surface area contributed by atoms with Crippen molar-refractivity contribution in [2.75, 3.05) is 20.2 Å². The van der Waals surface area contributed by atoms with Gasteiger partial charge in [0.1, 0.15) is 11.4 Å². The fourth-order valence-electron chi connectivity index (χ4n) is 2.93. The lowest BCUT2D eigenvalue weighted by Gasteiger charge is -2.27. The number of methoxy groups -OCH3 is 1. The number of benzene rings is 1. The summed E-state index contributed by atoms with van der Waals surface area (Å²) in [5, 5.41) is 12.8. The fraction of sp³-hybridized carbons (Fsp3) is 0.412. The zero-order valence-electron chi connectivity index (χ0n) is 13.1. The lowest BCUT2D eigenvalue weighted by molar-refractivity contribution is 0.0652. The maximum absolute atomic E-state index is 10.9. The van der Waals surface area contributed by atoms with Crippen LogP contribution in [-0.2, 0) is 6.54 Å². The third kappa shape index (κ3) is 3.53. The van der Waals surface area contributed by atoms with Crippen LogP contribution in [-0.4, -0.2) is 41.3 Å². The molecule has 1 saturated heterocycles. The van der Waals surface area contributed by atoms with Gasteiger partial charge in [-0.15, -0.1) is 0 Å². The first-order valence-electron chi connectivity index (χ1n) is 7.77. The summed E-state index contributed by atoms with van der Waals surface area (Å²) in [5.74, 6) is -0.444. The minimum absolute atomic E-state index is 0.159. The van der Waals surface area contributed by atoms with E-state index in [1.165, 1.54) is 25.3 Å². The number of nitrogens with zero attached hydrogens (tertiary/aromatic N) is 2. The molecule has 0 radical (unpaired) electrons. The van der Waals surface area contributed by atoms with Crippen LogP contribution in [0.15, 0.2) is 28.8 Å². The monoisotopic (exact) mass is 316 g/mol. The van der Waals surface area contributed by atoms with Crippen molar-refractivity contribution in [1.82, 2.24) is 10.1 Å². The summed E-state index contributed by atoms with van der Waals surface area (Å²) in [7, 11) is 1.66. The highest BCUT2D eigenvalue weighted by Gasteiger charge is 2.16. The molecular weight excluding hydrogens is 296 g/mol. The van der Waals surface area contributed by atoms with E-state index in [0.717, 1.165) is 36.5 Å². The van der Waals surface area contributed by atoms with Crippen LogP contribution < -0.4 is 4.74 Å². The van der Waals surface area contributed by atoms with Gasteiger partial charge in [-0.1, -0.05) is 11.6 Å². The van der Waals surface area contributed by atoms with E-state index in [1.807, 2.05) is 18.2 Å². The molecule has 6 nitrogen and oxygen atoms in total. The molecule has 122 valence electrons. The number of hydrogen-bond donors (Lipinski definition) is 1. The van der Waals surface area contributed by atoms with Gasteiger partial charge in [-0.2, -0.15) is 0 Å². The van der Waals surface area contributed by atoms with Crippen LogP contribution in [0.25, 0.3) is 11.3 Å². The second-order valence-electron chi connectivity index (χ2n) is 5.74. The Balaban J connectivity index is 1.86. The van der Waals surface area contributed by atoms with E-state index in [0.29, 0.717) is 5.69 Å². The minimum atomic E-state index is -1.12. The molecule has 2 heterocycles. The van der Waals surface area contributed by atoms with Gasteiger partial charge in [-0.05, 0) is 44.1 Å². The number of rotatable bonds is 5. The summed E-state index contributed by atoms with van der Waals surface area (Å²) >= 11 is 0. The van der Waals surface area contributed by atoms with Gasteiger partial charge in [0, 0.05) is 23.7 Å². The SMILES string of the molecule is COc1ccc(-c2cc(C(=O)O)on2)cc1CN1CCCCC1. The molecular formula is C17H20N2O4. The smallest absolute Gasteiger partial charge is 0.374 e. The molecule has 1 aliphatic heterocycles. The number of carbonyl (C=O) groups is 1. The van der Waals surface area contributed by atoms with Gasteiger partial charge in [0.2, 0.25) is 5.76 Å². The third-order valence-electron chi connectivity index (χ3n) is 4.14. The first-order valence-corrected chi connectivity index (χ1v) is 7.77. The van der Waals surface area contributed by atoms with Gasteiger partial charge in [0.25, 0.3) is 0 Å². The Kier molecular flexibility index (Phi) is 4.62. The van der Waals surface area contributed by atoms with Crippen molar-refractivity contribution in [1.29, 1.82) is 0 Å². The lowest BCUT2D eigenvalue weighted by Crippen LogP contribution is -2.29. The quantitative estimate of drug-likeness (QED) is 0.914. The number of ether oxygens (including phenoxy) is 1. The van der Waals surface area contributed by atoms with Crippen molar-refractivity contribution >= 4 is 5.97 Å². The van der Waals surface area contributed by atoms with Crippen molar-refractivity contribution in [2.24, 2.45) is 0 Å². The highest BCUT2D eigenvalue weighted by Crippen LogP contribution is 2.28. The Labute approximate surface area is 134 Å². The predicted molar refractivity (Wildman–Crippen MR) is 84.6 cm³/mol. The largest absolute Gasteiger partial charge is 0.496 e. The van der Waals surface area contributed by atoms with E-state index in [1.54, 1.807) is 7.11 Å². The second kappa shape index (κ2) is 6.83.